The van der Waals surface area contributed by atoms with Gasteiger partial charge in [-0.25, -0.2) is 12.7 Å². The lowest BCUT2D eigenvalue weighted by Crippen LogP contribution is -2.46. The summed E-state index contributed by atoms with van der Waals surface area (Å²) in [7, 11) is -0.622. The molecule has 0 radical (unpaired) electrons. The summed E-state index contributed by atoms with van der Waals surface area (Å²) in [4.78, 5) is 25.5. The molecule has 27 heavy (non-hydrogen) atoms. The van der Waals surface area contributed by atoms with E-state index in [-0.39, 0.29) is 22.6 Å². The molecule has 2 amide bonds. The van der Waals surface area contributed by atoms with Gasteiger partial charge in [-0.05, 0) is 41.6 Å². The van der Waals surface area contributed by atoms with Crippen LogP contribution < -0.4 is 10.6 Å². The Morgan fingerprint density at radius 2 is 1.70 bits per heavy atom. The Balaban J connectivity index is 2.10. The van der Waals surface area contributed by atoms with Gasteiger partial charge in [0.2, 0.25) is 15.9 Å². The van der Waals surface area contributed by atoms with E-state index >= 15 is 0 Å². The van der Waals surface area contributed by atoms with E-state index in [4.69, 9.17) is 0 Å². The lowest BCUT2D eigenvalue weighted by atomic mass is 10.0. The number of carbonyl (C=O) groups is 2. The standard InChI is InChI=1S/C18H23N3O4S2/c1-12(2)16(20-17(22)15-6-5-11-26-15)18(23)19-13-7-9-14(10-8-13)27(24,25)21(3)4/h5-12,16H,1-4H3,(H,19,23)(H,20,22)/t16-/m1/s1. The fraction of sp³-hybridized carbons (Fsp3) is 0.333. The molecule has 9 heteroatoms. The first-order chi connectivity index (χ1) is 12.6. The van der Waals surface area contributed by atoms with Crippen LogP contribution in [-0.4, -0.2) is 44.7 Å². The number of hydrogen-bond donors (Lipinski definition) is 2. The number of benzene rings is 1. The molecule has 0 unspecified atom stereocenters. The molecule has 2 N–H and O–H groups in total. The van der Waals surface area contributed by atoms with Gasteiger partial charge in [0.1, 0.15) is 6.04 Å². The summed E-state index contributed by atoms with van der Waals surface area (Å²) < 4.78 is 25.3. The Kier molecular flexibility index (Phi) is 6.74. The van der Waals surface area contributed by atoms with Gasteiger partial charge in [0.05, 0.1) is 9.77 Å². The maximum atomic E-state index is 12.6. The van der Waals surface area contributed by atoms with Crippen molar-refractivity contribution in [3.8, 4) is 0 Å². The van der Waals surface area contributed by atoms with Crippen LogP contribution in [-0.2, 0) is 14.8 Å². The highest BCUT2D eigenvalue weighted by molar-refractivity contribution is 7.89. The van der Waals surface area contributed by atoms with Gasteiger partial charge >= 0.3 is 0 Å². The number of nitrogens with zero attached hydrogens (tertiary/aromatic N) is 1. The summed E-state index contributed by atoms with van der Waals surface area (Å²) in [5.41, 5.74) is 0.453. The third-order valence-corrected chi connectivity index (χ3v) is 6.58. The van der Waals surface area contributed by atoms with Gasteiger partial charge in [0, 0.05) is 19.8 Å². The summed E-state index contributed by atoms with van der Waals surface area (Å²) in [5, 5.41) is 7.26. The van der Waals surface area contributed by atoms with E-state index in [1.54, 1.807) is 17.5 Å². The summed E-state index contributed by atoms with van der Waals surface area (Å²) in [5.74, 6) is -0.785. The van der Waals surface area contributed by atoms with Crippen LogP contribution in [0.25, 0.3) is 0 Å². The SMILES string of the molecule is CC(C)[C@@H](NC(=O)c1cccs1)C(=O)Nc1ccc(S(=O)(=O)N(C)C)cc1. The molecule has 1 heterocycles. The van der Waals surface area contributed by atoms with Crippen molar-refractivity contribution in [3.05, 3.63) is 46.7 Å². The zero-order valence-corrected chi connectivity index (χ0v) is 17.2. The molecule has 0 saturated carbocycles. The lowest BCUT2D eigenvalue weighted by Gasteiger charge is -2.21. The molecule has 0 spiro atoms. The average Bonchev–Trinajstić information content (AvgIpc) is 3.14. The largest absolute Gasteiger partial charge is 0.339 e. The van der Waals surface area contributed by atoms with Crippen LogP contribution >= 0.6 is 11.3 Å². The lowest BCUT2D eigenvalue weighted by molar-refractivity contribution is -0.118. The number of sulfonamides is 1. The van der Waals surface area contributed by atoms with Gasteiger partial charge in [0.15, 0.2) is 0 Å². The topological polar surface area (TPSA) is 95.6 Å². The van der Waals surface area contributed by atoms with Gasteiger partial charge in [-0.15, -0.1) is 11.3 Å². The van der Waals surface area contributed by atoms with Crippen molar-refractivity contribution >= 4 is 38.9 Å². The molecule has 0 aliphatic rings. The monoisotopic (exact) mass is 409 g/mol. The summed E-state index contributed by atoms with van der Waals surface area (Å²) >= 11 is 1.30. The molecule has 0 bridgehead atoms. The number of amides is 2. The van der Waals surface area contributed by atoms with Gasteiger partial charge in [-0.3, -0.25) is 9.59 Å². The number of hydrogen-bond acceptors (Lipinski definition) is 5. The Hall–Kier alpha value is -2.23. The molecule has 146 valence electrons. The first-order valence-electron chi connectivity index (χ1n) is 8.30. The molecule has 0 fully saturated rings. The summed E-state index contributed by atoms with van der Waals surface area (Å²) in [6.07, 6.45) is 0. The third-order valence-electron chi connectivity index (χ3n) is 3.88. The zero-order valence-electron chi connectivity index (χ0n) is 15.6. The summed E-state index contributed by atoms with van der Waals surface area (Å²) in [6.45, 7) is 3.68. The highest BCUT2D eigenvalue weighted by Gasteiger charge is 2.25. The molecule has 2 aromatic rings. The van der Waals surface area contributed by atoms with E-state index in [9.17, 15) is 18.0 Å². The fourth-order valence-corrected chi connectivity index (χ4v) is 3.82. The number of rotatable bonds is 7. The minimum absolute atomic E-state index is 0.123. The van der Waals surface area contributed by atoms with E-state index < -0.39 is 16.1 Å². The van der Waals surface area contributed by atoms with E-state index in [0.29, 0.717) is 10.6 Å². The molecule has 1 aromatic heterocycles. The van der Waals surface area contributed by atoms with Crippen LogP contribution in [0.15, 0.2) is 46.7 Å². The molecule has 1 atom stereocenters. The van der Waals surface area contributed by atoms with E-state index in [1.807, 2.05) is 13.8 Å². The second-order valence-corrected chi connectivity index (χ2v) is 9.57. The highest BCUT2D eigenvalue weighted by atomic mass is 32.2. The second-order valence-electron chi connectivity index (χ2n) is 6.47. The smallest absolute Gasteiger partial charge is 0.262 e. The van der Waals surface area contributed by atoms with Gasteiger partial charge < -0.3 is 10.6 Å². The van der Waals surface area contributed by atoms with Gasteiger partial charge in [0.25, 0.3) is 5.91 Å². The molecule has 1 aromatic carbocycles. The average molecular weight is 410 g/mol. The van der Waals surface area contributed by atoms with Gasteiger partial charge in [-0.1, -0.05) is 19.9 Å². The second kappa shape index (κ2) is 8.64. The maximum absolute atomic E-state index is 12.6. The van der Waals surface area contributed by atoms with Crippen LogP contribution in [0.1, 0.15) is 23.5 Å². The zero-order chi connectivity index (χ0) is 20.2. The maximum Gasteiger partial charge on any atom is 0.262 e. The first kappa shape index (κ1) is 21.1. The van der Waals surface area contributed by atoms with E-state index in [0.717, 1.165) is 4.31 Å². The van der Waals surface area contributed by atoms with Crippen molar-refractivity contribution in [3.63, 3.8) is 0 Å². The molecular weight excluding hydrogens is 386 g/mol. The molecule has 0 aliphatic heterocycles. The highest BCUT2D eigenvalue weighted by Crippen LogP contribution is 2.17. The Labute approximate surface area is 163 Å². The molecule has 0 aliphatic carbocycles. The fourth-order valence-electron chi connectivity index (χ4n) is 2.30. The van der Waals surface area contributed by atoms with Crippen molar-refractivity contribution in [1.29, 1.82) is 0 Å². The molecule has 0 saturated heterocycles. The van der Waals surface area contributed by atoms with Crippen molar-refractivity contribution in [1.82, 2.24) is 9.62 Å². The van der Waals surface area contributed by atoms with Crippen LogP contribution in [0.3, 0.4) is 0 Å². The molecular formula is C18H23N3O4S2. The normalized spacial score (nSPS) is 12.8. The minimum Gasteiger partial charge on any atom is -0.339 e. The Morgan fingerprint density at radius 1 is 1.07 bits per heavy atom. The predicted molar refractivity (Wildman–Crippen MR) is 106 cm³/mol. The van der Waals surface area contributed by atoms with Crippen LogP contribution in [0.4, 0.5) is 5.69 Å². The number of nitrogens with one attached hydrogen (secondary N) is 2. The van der Waals surface area contributed by atoms with Crippen molar-refractivity contribution in [2.75, 3.05) is 19.4 Å². The van der Waals surface area contributed by atoms with Crippen molar-refractivity contribution in [2.24, 2.45) is 5.92 Å². The quantitative estimate of drug-likeness (QED) is 0.734. The van der Waals surface area contributed by atoms with Crippen LogP contribution in [0.5, 0.6) is 0 Å². The first-order valence-corrected chi connectivity index (χ1v) is 10.6. The number of thiophene rings is 1. The van der Waals surface area contributed by atoms with E-state index in [2.05, 4.69) is 10.6 Å². The summed E-state index contributed by atoms with van der Waals surface area (Å²) in [6, 6.07) is 8.65. The third kappa shape index (κ3) is 5.15. The number of anilines is 1. The van der Waals surface area contributed by atoms with Crippen LogP contribution in [0, 0.1) is 5.92 Å². The van der Waals surface area contributed by atoms with Crippen molar-refractivity contribution < 1.29 is 18.0 Å². The van der Waals surface area contributed by atoms with Gasteiger partial charge in [-0.2, -0.15) is 0 Å². The Morgan fingerprint density at radius 3 is 2.19 bits per heavy atom. The Bertz CT molecular complexity index is 889. The number of carbonyl (C=O) groups excluding carboxylic acids is 2. The predicted octanol–water partition coefficient (Wildman–Crippen LogP) is 2.39. The van der Waals surface area contributed by atoms with Crippen molar-refractivity contribution in [2.45, 2.75) is 24.8 Å². The van der Waals surface area contributed by atoms with E-state index in [1.165, 1.54) is 49.7 Å². The molecule has 7 nitrogen and oxygen atoms in total. The van der Waals surface area contributed by atoms with Crippen LogP contribution in [0.2, 0.25) is 0 Å². The minimum atomic E-state index is -3.53. The molecule has 2 rings (SSSR count).